The van der Waals surface area contributed by atoms with Crippen LogP contribution in [-0.4, -0.2) is 59.4 Å². The summed E-state index contributed by atoms with van der Waals surface area (Å²) in [7, 11) is 0. The Hall–Kier alpha value is -2.09. The Kier molecular flexibility index (Phi) is 7.38. The Labute approximate surface area is 202 Å². The highest BCUT2D eigenvalue weighted by Crippen LogP contribution is 2.33. The third kappa shape index (κ3) is 4.95. The summed E-state index contributed by atoms with van der Waals surface area (Å²) in [5.74, 6) is -0.0943. The molecule has 2 aliphatic rings. The number of hydrogen-bond acceptors (Lipinski definition) is 4. The van der Waals surface area contributed by atoms with Gasteiger partial charge in [-0.1, -0.05) is 35.3 Å². The van der Waals surface area contributed by atoms with Crippen molar-refractivity contribution in [1.29, 1.82) is 0 Å². The number of hydrogen-bond donors (Lipinski definition) is 0. The number of aromatic nitrogens is 1. The number of carbonyl (C=O) groups is 2. The quantitative estimate of drug-likeness (QED) is 0.513. The number of nitrogens with zero attached hydrogens (tertiary/aromatic N) is 4. The second-order valence-electron chi connectivity index (χ2n) is 8.12. The Balaban J connectivity index is 1.43. The number of benzene rings is 1. The van der Waals surface area contributed by atoms with E-state index >= 15 is 0 Å². The second-order valence-corrected chi connectivity index (χ2v) is 9.77. The molecule has 2 fully saturated rings. The van der Waals surface area contributed by atoms with E-state index in [-0.39, 0.29) is 17.9 Å². The zero-order valence-electron chi connectivity index (χ0n) is 17.8. The molecule has 1 aromatic carbocycles. The first-order chi connectivity index (χ1) is 15.5. The number of likely N-dealkylation sites (tertiary alicyclic amines) is 2. The van der Waals surface area contributed by atoms with Crippen LogP contribution in [-0.2, 0) is 4.79 Å². The van der Waals surface area contributed by atoms with Gasteiger partial charge in [-0.15, -0.1) is 17.9 Å². The Morgan fingerprint density at radius 2 is 1.81 bits per heavy atom. The van der Waals surface area contributed by atoms with Crippen LogP contribution in [0.2, 0.25) is 10.0 Å². The highest BCUT2D eigenvalue weighted by molar-refractivity contribution is 7.14. The van der Waals surface area contributed by atoms with E-state index in [1.54, 1.807) is 23.1 Å². The lowest BCUT2D eigenvalue weighted by atomic mass is 9.95. The molecule has 0 radical (unpaired) electrons. The molecule has 0 saturated carbocycles. The number of amides is 3. The van der Waals surface area contributed by atoms with Gasteiger partial charge in [-0.3, -0.25) is 9.69 Å². The number of carbonyl (C=O) groups excluding carboxylic acids is 2. The third-order valence-electron chi connectivity index (χ3n) is 6.01. The van der Waals surface area contributed by atoms with E-state index in [1.165, 1.54) is 11.3 Å². The number of anilines is 1. The molecule has 1 aromatic heterocycles. The van der Waals surface area contributed by atoms with E-state index in [1.807, 2.05) is 21.2 Å². The van der Waals surface area contributed by atoms with Gasteiger partial charge in [0.1, 0.15) is 0 Å². The first kappa shape index (κ1) is 23.1. The topological polar surface area (TPSA) is 56.8 Å². The van der Waals surface area contributed by atoms with Crippen LogP contribution in [0.3, 0.4) is 0 Å². The molecule has 170 valence electrons. The van der Waals surface area contributed by atoms with Crippen molar-refractivity contribution in [2.45, 2.75) is 25.7 Å². The standard InChI is InChI=1S/C23H26Cl2N4O2S/c1-2-9-29(22-26-20(15-32-22)17-5-6-18(24)19(25)14-17)21(30)16-7-12-28(13-8-16)23(31)27-10-3-4-11-27/h2,5-6,14-16H,1,3-4,7-13H2. The van der Waals surface area contributed by atoms with Crippen LogP contribution >= 0.6 is 34.5 Å². The summed E-state index contributed by atoms with van der Waals surface area (Å²) in [5.41, 5.74) is 1.60. The zero-order valence-corrected chi connectivity index (χ0v) is 20.1. The van der Waals surface area contributed by atoms with E-state index < -0.39 is 0 Å². The van der Waals surface area contributed by atoms with E-state index in [0.29, 0.717) is 47.7 Å². The first-order valence-electron chi connectivity index (χ1n) is 10.8. The Bertz CT molecular complexity index is 998. The molecule has 3 heterocycles. The molecule has 0 atom stereocenters. The molecule has 32 heavy (non-hydrogen) atoms. The van der Waals surface area contributed by atoms with Crippen molar-refractivity contribution in [1.82, 2.24) is 14.8 Å². The number of piperidine rings is 1. The molecule has 2 aromatic rings. The van der Waals surface area contributed by atoms with Crippen molar-refractivity contribution < 1.29 is 9.59 Å². The predicted molar refractivity (Wildman–Crippen MR) is 131 cm³/mol. The van der Waals surface area contributed by atoms with Gasteiger partial charge in [0.25, 0.3) is 0 Å². The van der Waals surface area contributed by atoms with Crippen molar-refractivity contribution in [2.24, 2.45) is 5.92 Å². The summed E-state index contributed by atoms with van der Waals surface area (Å²) >= 11 is 13.6. The molecule has 3 amide bonds. The van der Waals surface area contributed by atoms with Gasteiger partial charge < -0.3 is 9.80 Å². The first-order valence-corrected chi connectivity index (χ1v) is 12.5. The fourth-order valence-corrected chi connectivity index (χ4v) is 5.36. The molecule has 0 bridgehead atoms. The summed E-state index contributed by atoms with van der Waals surface area (Å²) < 4.78 is 0. The molecular formula is C23H26Cl2N4O2S. The van der Waals surface area contributed by atoms with Crippen molar-refractivity contribution in [2.75, 3.05) is 37.6 Å². The largest absolute Gasteiger partial charge is 0.325 e. The zero-order chi connectivity index (χ0) is 22.7. The summed E-state index contributed by atoms with van der Waals surface area (Å²) in [5, 5.41) is 3.50. The van der Waals surface area contributed by atoms with Gasteiger partial charge in [-0.25, -0.2) is 9.78 Å². The van der Waals surface area contributed by atoms with Crippen LogP contribution in [0.15, 0.2) is 36.2 Å². The van der Waals surface area contributed by atoms with Crippen LogP contribution in [0.25, 0.3) is 11.3 Å². The SMILES string of the molecule is C=CCN(C(=O)C1CCN(C(=O)N2CCCC2)CC1)c1nc(-c2ccc(Cl)c(Cl)c2)cs1. The predicted octanol–water partition coefficient (Wildman–Crippen LogP) is 5.56. The Morgan fingerprint density at radius 1 is 1.12 bits per heavy atom. The van der Waals surface area contributed by atoms with Gasteiger partial charge in [0, 0.05) is 49.6 Å². The molecule has 4 rings (SSSR count). The van der Waals surface area contributed by atoms with Gasteiger partial charge in [-0.2, -0.15) is 0 Å². The average Bonchev–Trinajstić information content (AvgIpc) is 3.51. The van der Waals surface area contributed by atoms with Gasteiger partial charge in [0.15, 0.2) is 5.13 Å². The normalized spacial score (nSPS) is 16.9. The third-order valence-corrected chi connectivity index (χ3v) is 7.61. The molecule has 0 unspecified atom stereocenters. The number of rotatable bonds is 5. The van der Waals surface area contributed by atoms with Crippen LogP contribution in [0.4, 0.5) is 9.93 Å². The van der Waals surface area contributed by atoms with Crippen molar-refractivity contribution in [3.8, 4) is 11.3 Å². The van der Waals surface area contributed by atoms with Gasteiger partial charge in [0.2, 0.25) is 5.91 Å². The maximum absolute atomic E-state index is 13.4. The number of thiazole rings is 1. The maximum atomic E-state index is 13.4. The molecule has 2 saturated heterocycles. The molecular weight excluding hydrogens is 467 g/mol. The smallest absolute Gasteiger partial charge is 0.319 e. The summed E-state index contributed by atoms with van der Waals surface area (Å²) in [6, 6.07) is 5.49. The van der Waals surface area contributed by atoms with Crippen LogP contribution in [0.1, 0.15) is 25.7 Å². The van der Waals surface area contributed by atoms with E-state index in [9.17, 15) is 9.59 Å². The fourth-order valence-electron chi connectivity index (χ4n) is 4.21. The van der Waals surface area contributed by atoms with Crippen LogP contribution in [0.5, 0.6) is 0 Å². The highest BCUT2D eigenvalue weighted by Gasteiger charge is 2.33. The van der Waals surface area contributed by atoms with Gasteiger partial charge in [0.05, 0.1) is 15.7 Å². The molecule has 9 heteroatoms. The molecule has 2 aliphatic heterocycles. The van der Waals surface area contributed by atoms with E-state index in [0.717, 1.165) is 37.2 Å². The van der Waals surface area contributed by atoms with Crippen LogP contribution < -0.4 is 4.90 Å². The molecule has 0 spiro atoms. The summed E-state index contributed by atoms with van der Waals surface area (Å²) in [6.07, 6.45) is 5.20. The lowest BCUT2D eigenvalue weighted by Crippen LogP contribution is -2.48. The summed E-state index contributed by atoms with van der Waals surface area (Å²) in [4.78, 5) is 36.2. The average molecular weight is 493 g/mol. The lowest BCUT2D eigenvalue weighted by Gasteiger charge is -2.35. The van der Waals surface area contributed by atoms with E-state index in [4.69, 9.17) is 23.2 Å². The van der Waals surface area contributed by atoms with Crippen molar-refractivity contribution >= 4 is 51.6 Å². The molecule has 0 aliphatic carbocycles. The monoisotopic (exact) mass is 492 g/mol. The minimum atomic E-state index is -0.130. The fraction of sp³-hybridized carbons (Fsp3) is 0.435. The van der Waals surface area contributed by atoms with Gasteiger partial charge in [-0.05, 0) is 37.8 Å². The van der Waals surface area contributed by atoms with Crippen molar-refractivity contribution in [3.05, 3.63) is 46.3 Å². The number of urea groups is 1. The second kappa shape index (κ2) is 10.2. The molecule has 0 N–H and O–H groups in total. The maximum Gasteiger partial charge on any atom is 0.319 e. The minimum Gasteiger partial charge on any atom is -0.325 e. The van der Waals surface area contributed by atoms with Crippen LogP contribution in [0, 0.1) is 5.92 Å². The van der Waals surface area contributed by atoms with Gasteiger partial charge >= 0.3 is 6.03 Å². The minimum absolute atomic E-state index is 0.0354. The Morgan fingerprint density at radius 3 is 2.47 bits per heavy atom. The van der Waals surface area contributed by atoms with E-state index in [2.05, 4.69) is 11.6 Å². The summed E-state index contributed by atoms with van der Waals surface area (Å²) in [6.45, 7) is 7.11. The lowest BCUT2D eigenvalue weighted by molar-refractivity contribution is -0.123. The molecule has 6 nitrogen and oxygen atoms in total. The number of halogens is 2. The van der Waals surface area contributed by atoms with Crippen molar-refractivity contribution in [3.63, 3.8) is 0 Å². The highest BCUT2D eigenvalue weighted by atomic mass is 35.5.